The standard InChI is InChI=1S/C79H151NO5/c1-3-5-7-9-11-13-15-17-19-21-23-24-30-33-36-39-43-47-51-55-59-63-67-71-77(82)76(75-81)80-78(83)72-68-64-60-56-52-48-44-40-37-34-31-28-26-25-27-29-32-35-38-42-46-50-54-58-62-66-70-74-85-79(84)73-69-65-61-57-53-49-45-41-22-20-18-16-14-12-10-8-6-4-2/h25-26,29,32,67,71,76-77,81-82H,3-24,27-28,30-31,33-66,68-70,72-75H2,1-2H3,(H,80,83)/b26-25-,32-29-,71-67+. The van der Waals surface area contributed by atoms with Gasteiger partial charge in [-0.25, -0.2) is 0 Å². The molecule has 0 bridgehead atoms. The Hall–Kier alpha value is -1.92. The molecule has 1 amide bonds. The van der Waals surface area contributed by atoms with Crippen LogP contribution < -0.4 is 5.32 Å². The molecule has 0 aliphatic carbocycles. The van der Waals surface area contributed by atoms with Crippen LogP contribution in [0.1, 0.15) is 431 Å². The number of hydrogen-bond acceptors (Lipinski definition) is 5. The van der Waals surface area contributed by atoms with E-state index in [1.165, 1.54) is 360 Å². The van der Waals surface area contributed by atoms with Crippen LogP contribution in [0.25, 0.3) is 0 Å². The minimum atomic E-state index is -0.849. The summed E-state index contributed by atoms with van der Waals surface area (Å²) in [6, 6.07) is -0.632. The van der Waals surface area contributed by atoms with E-state index in [1.54, 1.807) is 6.08 Å². The summed E-state index contributed by atoms with van der Waals surface area (Å²) >= 11 is 0. The van der Waals surface area contributed by atoms with E-state index < -0.39 is 12.1 Å². The number of ether oxygens (including phenoxy) is 1. The molecule has 0 spiro atoms. The van der Waals surface area contributed by atoms with Crippen molar-refractivity contribution in [2.75, 3.05) is 13.2 Å². The highest BCUT2D eigenvalue weighted by molar-refractivity contribution is 5.76. The van der Waals surface area contributed by atoms with Gasteiger partial charge in [0.15, 0.2) is 0 Å². The minimum absolute atomic E-state index is 0.0155. The Balaban J connectivity index is 3.42. The van der Waals surface area contributed by atoms with Crippen LogP contribution in [0.4, 0.5) is 0 Å². The van der Waals surface area contributed by atoms with Crippen molar-refractivity contribution >= 4 is 11.9 Å². The normalized spacial score (nSPS) is 12.7. The lowest BCUT2D eigenvalue weighted by atomic mass is 10.0. The quantitative estimate of drug-likeness (QED) is 0.0320. The van der Waals surface area contributed by atoms with E-state index in [-0.39, 0.29) is 18.5 Å². The summed E-state index contributed by atoms with van der Waals surface area (Å²) < 4.78 is 5.51. The molecule has 502 valence electrons. The number of aliphatic hydroxyl groups excluding tert-OH is 2. The maximum Gasteiger partial charge on any atom is 0.305 e. The van der Waals surface area contributed by atoms with Gasteiger partial charge in [0.05, 0.1) is 25.4 Å². The van der Waals surface area contributed by atoms with Crippen molar-refractivity contribution in [2.45, 2.75) is 443 Å². The predicted molar refractivity (Wildman–Crippen MR) is 375 cm³/mol. The van der Waals surface area contributed by atoms with Gasteiger partial charge in [0.2, 0.25) is 5.91 Å². The lowest BCUT2D eigenvalue weighted by Gasteiger charge is -2.20. The Bertz CT molecular complexity index is 1380. The Morgan fingerprint density at radius 3 is 0.894 bits per heavy atom. The summed E-state index contributed by atoms with van der Waals surface area (Å²) in [6.07, 6.45) is 96.8. The first-order valence-electron chi connectivity index (χ1n) is 38.8. The van der Waals surface area contributed by atoms with Gasteiger partial charge in [-0.1, -0.05) is 391 Å². The second-order valence-corrected chi connectivity index (χ2v) is 26.7. The molecule has 0 aromatic heterocycles. The van der Waals surface area contributed by atoms with Gasteiger partial charge in [-0.15, -0.1) is 0 Å². The molecule has 0 aromatic rings. The smallest absolute Gasteiger partial charge is 0.305 e. The van der Waals surface area contributed by atoms with Gasteiger partial charge in [0.25, 0.3) is 0 Å². The molecule has 0 aliphatic heterocycles. The van der Waals surface area contributed by atoms with Crippen molar-refractivity contribution < 1.29 is 24.5 Å². The Kier molecular flexibility index (Phi) is 72.9. The zero-order valence-electron chi connectivity index (χ0n) is 57.6. The number of nitrogens with one attached hydrogen (secondary N) is 1. The summed E-state index contributed by atoms with van der Waals surface area (Å²) in [4.78, 5) is 24.7. The molecule has 0 saturated carbocycles. The molecule has 2 atom stereocenters. The summed E-state index contributed by atoms with van der Waals surface area (Å²) in [5.41, 5.74) is 0. The number of carbonyl (C=O) groups excluding carboxylic acids is 2. The number of amides is 1. The summed E-state index contributed by atoms with van der Waals surface area (Å²) in [6.45, 7) is 4.95. The van der Waals surface area contributed by atoms with Gasteiger partial charge >= 0.3 is 5.97 Å². The third-order valence-corrected chi connectivity index (χ3v) is 18.2. The molecule has 6 heteroatoms. The molecule has 3 N–H and O–H groups in total. The zero-order chi connectivity index (χ0) is 61.3. The topological polar surface area (TPSA) is 95.9 Å². The van der Waals surface area contributed by atoms with Crippen LogP contribution in [-0.4, -0.2) is 47.4 Å². The van der Waals surface area contributed by atoms with Crippen molar-refractivity contribution in [3.63, 3.8) is 0 Å². The van der Waals surface area contributed by atoms with Crippen molar-refractivity contribution in [2.24, 2.45) is 0 Å². The minimum Gasteiger partial charge on any atom is -0.466 e. The van der Waals surface area contributed by atoms with Gasteiger partial charge < -0.3 is 20.3 Å². The second-order valence-electron chi connectivity index (χ2n) is 26.7. The largest absolute Gasteiger partial charge is 0.466 e. The number of allylic oxidation sites excluding steroid dienone is 5. The van der Waals surface area contributed by atoms with E-state index in [2.05, 4.69) is 43.5 Å². The first-order chi connectivity index (χ1) is 42.0. The number of unbranched alkanes of at least 4 members (excludes halogenated alkanes) is 58. The molecule has 6 nitrogen and oxygen atoms in total. The SMILES string of the molecule is CCCCCCCCCCCCCCCCCCCCCCC/C=C/C(O)C(CO)NC(=O)CCCCCCCCCCCCC/C=C\C/C=C\CCCCCCCCCCCOC(=O)CCCCCCCCCCCCCCCCCCCC. The molecule has 0 fully saturated rings. The van der Waals surface area contributed by atoms with E-state index in [4.69, 9.17) is 4.74 Å². The summed E-state index contributed by atoms with van der Waals surface area (Å²) in [7, 11) is 0. The van der Waals surface area contributed by atoms with Crippen molar-refractivity contribution in [1.29, 1.82) is 0 Å². The fourth-order valence-corrected chi connectivity index (χ4v) is 12.3. The first kappa shape index (κ1) is 83.1. The first-order valence-corrected chi connectivity index (χ1v) is 38.8. The molecular weight excluding hydrogens is 1040 g/mol. The summed E-state index contributed by atoms with van der Waals surface area (Å²) in [5, 5.41) is 23.3. The van der Waals surface area contributed by atoms with Crippen LogP contribution in [0.3, 0.4) is 0 Å². The molecule has 0 heterocycles. The molecule has 0 aromatic carbocycles. The molecule has 0 radical (unpaired) electrons. The van der Waals surface area contributed by atoms with E-state index in [0.29, 0.717) is 19.4 Å². The van der Waals surface area contributed by atoms with Crippen molar-refractivity contribution in [3.8, 4) is 0 Å². The van der Waals surface area contributed by atoms with Crippen LogP contribution in [0.15, 0.2) is 36.5 Å². The number of rotatable bonds is 73. The Morgan fingerprint density at radius 2 is 0.588 bits per heavy atom. The number of aliphatic hydroxyl groups is 2. The van der Waals surface area contributed by atoms with Crippen LogP contribution in [0.2, 0.25) is 0 Å². The van der Waals surface area contributed by atoms with Crippen LogP contribution in [-0.2, 0) is 14.3 Å². The number of esters is 1. The highest BCUT2D eigenvalue weighted by Gasteiger charge is 2.18. The molecule has 2 unspecified atom stereocenters. The molecule has 0 aliphatic rings. The van der Waals surface area contributed by atoms with Gasteiger partial charge in [-0.05, 0) is 64.2 Å². The molecular formula is C79H151NO5. The van der Waals surface area contributed by atoms with E-state index >= 15 is 0 Å². The predicted octanol–water partition coefficient (Wildman–Crippen LogP) is 25.4. The second kappa shape index (κ2) is 74.5. The highest BCUT2D eigenvalue weighted by atomic mass is 16.5. The third kappa shape index (κ3) is 71.0. The summed E-state index contributed by atoms with van der Waals surface area (Å²) in [5.74, 6) is -0.0513. The fraction of sp³-hybridized carbons (Fsp3) is 0.899. The van der Waals surface area contributed by atoms with Crippen molar-refractivity contribution in [1.82, 2.24) is 5.32 Å². The molecule has 85 heavy (non-hydrogen) atoms. The number of hydrogen-bond donors (Lipinski definition) is 3. The maximum absolute atomic E-state index is 12.5. The number of carbonyl (C=O) groups is 2. The van der Waals surface area contributed by atoms with Crippen LogP contribution in [0.5, 0.6) is 0 Å². The van der Waals surface area contributed by atoms with Crippen molar-refractivity contribution in [3.05, 3.63) is 36.5 Å². The van der Waals surface area contributed by atoms with Crippen LogP contribution in [0, 0.1) is 0 Å². The van der Waals surface area contributed by atoms with E-state index in [9.17, 15) is 19.8 Å². The highest BCUT2D eigenvalue weighted by Crippen LogP contribution is 2.19. The maximum atomic E-state index is 12.5. The van der Waals surface area contributed by atoms with Gasteiger partial charge in [0, 0.05) is 12.8 Å². The van der Waals surface area contributed by atoms with E-state index in [1.807, 2.05) is 6.08 Å². The van der Waals surface area contributed by atoms with Gasteiger partial charge in [-0.2, -0.15) is 0 Å². The monoisotopic (exact) mass is 1190 g/mol. The average Bonchev–Trinajstić information content (AvgIpc) is 3.51. The van der Waals surface area contributed by atoms with Crippen LogP contribution >= 0.6 is 0 Å². The Morgan fingerprint density at radius 1 is 0.329 bits per heavy atom. The molecule has 0 saturated heterocycles. The Labute approximate surface area is 532 Å². The average molecular weight is 1200 g/mol. The fourth-order valence-electron chi connectivity index (χ4n) is 12.3. The zero-order valence-corrected chi connectivity index (χ0v) is 57.6. The molecule has 0 rings (SSSR count). The third-order valence-electron chi connectivity index (χ3n) is 18.2. The lowest BCUT2D eigenvalue weighted by molar-refractivity contribution is -0.143. The van der Waals surface area contributed by atoms with E-state index in [0.717, 1.165) is 44.9 Å². The van der Waals surface area contributed by atoms with Gasteiger partial charge in [-0.3, -0.25) is 9.59 Å². The lowest BCUT2D eigenvalue weighted by Crippen LogP contribution is -2.45. The van der Waals surface area contributed by atoms with Gasteiger partial charge in [0.1, 0.15) is 0 Å².